The van der Waals surface area contributed by atoms with Crippen LogP contribution < -0.4 is 0 Å². The van der Waals surface area contributed by atoms with Gasteiger partial charge in [0.1, 0.15) is 24.4 Å². The van der Waals surface area contributed by atoms with Crippen LogP contribution in [-0.4, -0.2) is 104 Å². The Morgan fingerprint density at radius 1 is 1.07 bits per heavy atom. The van der Waals surface area contributed by atoms with Gasteiger partial charge in [-0.25, -0.2) is 4.79 Å². The Bertz CT molecular complexity index is 603. The quantitative estimate of drug-likeness (QED) is 0.243. The summed E-state index contributed by atoms with van der Waals surface area (Å²) in [5, 5.41) is 46.7. The molecule has 1 spiro atoms. The van der Waals surface area contributed by atoms with E-state index in [2.05, 4.69) is 0 Å². The number of hydrogen-bond donors (Lipinski definition) is 5. The van der Waals surface area contributed by atoms with E-state index >= 15 is 0 Å². The molecule has 3 unspecified atom stereocenters. The lowest BCUT2D eigenvalue weighted by Crippen LogP contribution is -2.51. The molecule has 4 atom stereocenters. The molecule has 2 heterocycles. The fourth-order valence-electron chi connectivity index (χ4n) is 3.65. The molecule has 11 heteroatoms. The van der Waals surface area contributed by atoms with Gasteiger partial charge in [-0.15, -0.1) is 0 Å². The average Bonchev–Trinajstić information content (AvgIpc) is 2.89. The number of nitrogens with zero attached hydrogens (tertiary/aromatic N) is 2. The van der Waals surface area contributed by atoms with Gasteiger partial charge in [0.2, 0.25) is 11.8 Å². The molecule has 0 bridgehead atoms. The lowest BCUT2D eigenvalue weighted by Gasteiger charge is -2.37. The van der Waals surface area contributed by atoms with Crippen molar-refractivity contribution in [2.75, 3.05) is 19.6 Å². The number of aliphatic hydroxyl groups excluding tert-OH is 4. The van der Waals surface area contributed by atoms with Crippen molar-refractivity contribution in [1.29, 1.82) is 0 Å². The maximum atomic E-state index is 12.5. The SMILES string of the molecule is CCN1C(=O)CC2(CCN(C(=O)O[C@@H](C)C(O)C(O)C(O)C(O)O)CC2)C1=O. The second-order valence-corrected chi connectivity index (χ2v) is 7.36. The Balaban J connectivity index is 1.90. The van der Waals surface area contributed by atoms with Gasteiger partial charge in [0, 0.05) is 26.1 Å². The van der Waals surface area contributed by atoms with Crippen molar-refractivity contribution in [3.63, 3.8) is 0 Å². The van der Waals surface area contributed by atoms with E-state index in [1.165, 1.54) is 16.7 Å². The predicted octanol–water partition coefficient (Wildman–Crippen LogP) is -2.23. The van der Waals surface area contributed by atoms with Gasteiger partial charge in [-0.2, -0.15) is 0 Å². The molecule has 0 aliphatic carbocycles. The summed E-state index contributed by atoms with van der Waals surface area (Å²) in [6.07, 6.45) is -9.23. The van der Waals surface area contributed by atoms with E-state index in [0.29, 0.717) is 19.4 Å². The number of amides is 3. The molecule has 160 valence electrons. The minimum Gasteiger partial charge on any atom is -0.444 e. The third-order valence-electron chi connectivity index (χ3n) is 5.56. The first-order valence-electron chi connectivity index (χ1n) is 9.24. The number of piperidine rings is 1. The zero-order valence-electron chi connectivity index (χ0n) is 15.9. The number of carbonyl (C=O) groups is 3. The summed E-state index contributed by atoms with van der Waals surface area (Å²) in [6.45, 7) is 3.72. The number of imide groups is 1. The first kappa shape index (κ1) is 22.5. The standard InChI is InChI=1S/C17H28N2O9/c1-3-19-10(20)8-17(15(19)26)4-6-18(7-5-17)16(27)28-9(2)11(21)12(22)13(23)14(24)25/h9,11-14,21-25H,3-8H2,1-2H3/t9-,11?,12?,13?/m0/s1. The van der Waals surface area contributed by atoms with Crippen LogP contribution in [0.3, 0.4) is 0 Å². The number of ether oxygens (including phenoxy) is 1. The molecule has 3 amide bonds. The van der Waals surface area contributed by atoms with Gasteiger partial charge >= 0.3 is 6.09 Å². The van der Waals surface area contributed by atoms with Gasteiger partial charge in [0.25, 0.3) is 0 Å². The molecule has 0 aromatic heterocycles. The van der Waals surface area contributed by atoms with Crippen molar-refractivity contribution >= 4 is 17.9 Å². The van der Waals surface area contributed by atoms with Crippen molar-refractivity contribution in [2.24, 2.45) is 5.41 Å². The molecule has 0 aromatic carbocycles. The van der Waals surface area contributed by atoms with Crippen LogP contribution in [0.2, 0.25) is 0 Å². The van der Waals surface area contributed by atoms with Crippen LogP contribution in [0, 0.1) is 5.41 Å². The largest absolute Gasteiger partial charge is 0.444 e. The Morgan fingerprint density at radius 2 is 1.64 bits per heavy atom. The summed E-state index contributed by atoms with van der Waals surface area (Å²) in [6, 6.07) is 0. The van der Waals surface area contributed by atoms with Crippen molar-refractivity contribution < 1.29 is 44.7 Å². The molecule has 0 aromatic rings. The summed E-state index contributed by atoms with van der Waals surface area (Å²) in [5.74, 6) is -0.421. The van der Waals surface area contributed by atoms with E-state index < -0.39 is 42.2 Å². The van der Waals surface area contributed by atoms with Gasteiger partial charge in [-0.05, 0) is 26.7 Å². The van der Waals surface area contributed by atoms with Crippen LogP contribution in [0.5, 0.6) is 0 Å². The molecule has 2 aliphatic rings. The molecule has 2 saturated heterocycles. The van der Waals surface area contributed by atoms with E-state index in [1.807, 2.05) is 0 Å². The Hall–Kier alpha value is -1.79. The summed E-state index contributed by atoms with van der Waals surface area (Å²) >= 11 is 0. The van der Waals surface area contributed by atoms with Gasteiger partial charge in [0.15, 0.2) is 6.29 Å². The summed E-state index contributed by atoms with van der Waals surface area (Å²) < 4.78 is 5.08. The Labute approximate surface area is 162 Å². The van der Waals surface area contributed by atoms with Crippen LogP contribution in [0.4, 0.5) is 4.79 Å². The minimum atomic E-state index is -2.26. The van der Waals surface area contributed by atoms with Crippen LogP contribution in [0.1, 0.15) is 33.1 Å². The second-order valence-electron chi connectivity index (χ2n) is 7.36. The normalized spacial score (nSPS) is 23.9. The van der Waals surface area contributed by atoms with E-state index in [9.17, 15) is 29.7 Å². The van der Waals surface area contributed by atoms with Gasteiger partial charge in [0.05, 0.1) is 5.41 Å². The fourth-order valence-corrected chi connectivity index (χ4v) is 3.65. The van der Waals surface area contributed by atoms with E-state index in [0.717, 1.165) is 0 Å². The van der Waals surface area contributed by atoms with Gasteiger partial charge < -0.3 is 35.2 Å². The average molecular weight is 404 g/mol. The maximum absolute atomic E-state index is 12.5. The van der Waals surface area contributed by atoms with E-state index in [-0.39, 0.29) is 31.3 Å². The molecule has 2 aliphatic heterocycles. The van der Waals surface area contributed by atoms with Crippen LogP contribution >= 0.6 is 0 Å². The van der Waals surface area contributed by atoms with Crippen LogP contribution in [0.25, 0.3) is 0 Å². The van der Waals surface area contributed by atoms with Crippen LogP contribution in [0.15, 0.2) is 0 Å². The maximum Gasteiger partial charge on any atom is 0.410 e. The zero-order valence-corrected chi connectivity index (χ0v) is 15.9. The first-order chi connectivity index (χ1) is 13.0. The summed E-state index contributed by atoms with van der Waals surface area (Å²) in [7, 11) is 0. The summed E-state index contributed by atoms with van der Waals surface area (Å²) in [4.78, 5) is 39.4. The molecule has 28 heavy (non-hydrogen) atoms. The third kappa shape index (κ3) is 4.28. The topological polar surface area (TPSA) is 168 Å². The predicted molar refractivity (Wildman–Crippen MR) is 92.4 cm³/mol. The highest BCUT2D eigenvalue weighted by molar-refractivity contribution is 6.06. The molecule has 0 saturated carbocycles. The van der Waals surface area contributed by atoms with Crippen molar-refractivity contribution in [1.82, 2.24) is 9.80 Å². The van der Waals surface area contributed by atoms with E-state index in [1.54, 1.807) is 6.92 Å². The highest BCUT2D eigenvalue weighted by atomic mass is 16.6. The monoisotopic (exact) mass is 404 g/mol. The molecular weight excluding hydrogens is 376 g/mol. The second kappa shape index (κ2) is 8.70. The zero-order chi connectivity index (χ0) is 21.2. The lowest BCUT2D eigenvalue weighted by atomic mass is 9.77. The molecule has 2 fully saturated rings. The third-order valence-corrected chi connectivity index (χ3v) is 5.56. The van der Waals surface area contributed by atoms with Gasteiger partial charge in [-0.3, -0.25) is 14.5 Å². The fraction of sp³-hybridized carbons (Fsp3) is 0.824. The molecule has 5 N–H and O–H groups in total. The molecule has 0 radical (unpaired) electrons. The van der Waals surface area contributed by atoms with Crippen molar-refractivity contribution in [3.8, 4) is 0 Å². The van der Waals surface area contributed by atoms with Crippen molar-refractivity contribution in [2.45, 2.75) is 63.8 Å². The molecular formula is C17H28N2O9. The van der Waals surface area contributed by atoms with Gasteiger partial charge in [-0.1, -0.05) is 0 Å². The Morgan fingerprint density at radius 3 is 2.11 bits per heavy atom. The van der Waals surface area contributed by atoms with E-state index in [4.69, 9.17) is 14.9 Å². The molecule has 2 rings (SSSR count). The first-order valence-corrected chi connectivity index (χ1v) is 9.24. The minimum absolute atomic E-state index is 0.130. The summed E-state index contributed by atoms with van der Waals surface area (Å²) in [5.41, 5.74) is -0.785. The molecule has 11 nitrogen and oxygen atoms in total. The smallest absolute Gasteiger partial charge is 0.410 e. The number of aliphatic hydroxyl groups is 5. The van der Waals surface area contributed by atoms with Crippen molar-refractivity contribution in [3.05, 3.63) is 0 Å². The number of rotatable bonds is 6. The lowest BCUT2D eigenvalue weighted by molar-refractivity contribution is -0.187. The van der Waals surface area contributed by atoms with Crippen LogP contribution in [-0.2, 0) is 14.3 Å². The Kier molecular flexibility index (Phi) is 6.99. The number of hydrogen-bond acceptors (Lipinski definition) is 9. The number of carbonyl (C=O) groups excluding carboxylic acids is 3. The highest BCUT2D eigenvalue weighted by Gasteiger charge is 2.52. The number of likely N-dealkylation sites (tertiary alicyclic amines) is 2. The highest BCUT2D eigenvalue weighted by Crippen LogP contribution is 2.42.